The van der Waals surface area contributed by atoms with Gasteiger partial charge in [-0.05, 0) is 24.3 Å². The average molecular weight is 359 g/mol. The van der Waals surface area contributed by atoms with Gasteiger partial charge in [-0.3, -0.25) is 4.79 Å². The van der Waals surface area contributed by atoms with Gasteiger partial charge in [0.1, 0.15) is 11.5 Å². The number of ether oxygens (including phenoxy) is 1. The Morgan fingerprint density at radius 1 is 0.815 bits per heavy atom. The van der Waals surface area contributed by atoms with E-state index in [1.165, 1.54) is 0 Å². The molecule has 0 spiro atoms. The third-order valence-corrected chi connectivity index (χ3v) is 4.41. The van der Waals surface area contributed by atoms with Crippen LogP contribution in [0.3, 0.4) is 0 Å². The zero-order valence-electron chi connectivity index (χ0n) is 14.3. The van der Waals surface area contributed by atoms with Crippen molar-refractivity contribution in [3.63, 3.8) is 0 Å². The molecule has 0 aromatic heterocycles. The predicted molar refractivity (Wildman–Crippen MR) is 101 cm³/mol. The van der Waals surface area contributed by atoms with Crippen molar-refractivity contribution in [2.75, 3.05) is 5.32 Å². The number of carbonyl (C=O) groups excluding carboxylic acids is 2. The molecule has 27 heavy (non-hydrogen) atoms. The number of nitrogens with zero attached hydrogens (tertiary/aromatic N) is 1. The molecular weight excluding hydrogens is 342 g/mol. The summed E-state index contributed by atoms with van der Waals surface area (Å²) in [6, 6.07) is 22.6. The summed E-state index contributed by atoms with van der Waals surface area (Å²) in [6.45, 7) is 0. The molecule has 3 amide bonds. The number of anilines is 1. The molecule has 3 aromatic rings. The Hall–Kier alpha value is -3.64. The van der Waals surface area contributed by atoms with E-state index in [-0.39, 0.29) is 0 Å². The first-order chi connectivity index (χ1) is 13.1. The van der Waals surface area contributed by atoms with Crippen molar-refractivity contribution >= 4 is 17.6 Å². The number of carbonyl (C=O) groups is 2. The lowest BCUT2D eigenvalue weighted by molar-refractivity contribution is -0.129. The zero-order valence-corrected chi connectivity index (χ0v) is 14.3. The van der Waals surface area contributed by atoms with Crippen LogP contribution in [0.5, 0.6) is 11.5 Å². The fourth-order valence-electron chi connectivity index (χ4n) is 3.12. The maximum Gasteiger partial charge on any atom is 0.343 e. The number of hydrazine groups is 1. The Kier molecular flexibility index (Phi) is 4.32. The van der Waals surface area contributed by atoms with Crippen LogP contribution in [0, 0.1) is 0 Å². The highest BCUT2D eigenvalue weighted by Crippen LogP contribution is 2.44. The van der Waals surface area contributed by atoms with Crippen molar-refractivity contribution in [3.8, 4) is 11.5 Å². The van der Waals surface area contributed by atoms with Crippen molar-refractivity contribution in [2.24, 2.45) is 5.84 Å². The number of amides is 3. The summed E-state index contributed by atoms with van der Waals surface area (Å²) < 4.78 is 5.88. The number of para-hydroxylation sites is 3. The Morgan fingerprint density at radius 3 is 1.93 bits per heavy atom. The van der Waals surface area contributed by atoms with Crippen LogP contribution in [-0.2, 0) is 4.79 Å². The topological polar surface area (TPSA) is 84.7 Å². The normalized spacial score (nSPS) is 12.3. The molecule has 0 aliphatic carbocycles. The summed E-state index contributed by atoms with van der Waals surface area (Å²) in [7, 11) is 0. The van der Waals surface area contributed by atoms with E-state index in [1.54, 1.807) is 48.5 Å². The van der Waals surface area contributed by atoms with Crippen LogP contribution in [0.2, 0.25) is 0 Å². The van der Waals surface area contributed by atoms with E-state index in [2.05, 4.69) is 5.32 Å². The fourth-order valence-corrected chi connectivity index (χ4v) is 3.12. The third-order valence-electron chi connectivity index (χ3n) is 4.41. The van der Waals surface area contributed by atoms with Crippen LogP contribution in [0.15, 0.2) is 78.9 Å². The van der Waals surface area contributed by atoms with Crippen LogP contribution in [0.4, 0.5) is 10.5 Å². The molecule has 3 aromatic carbocycles. The van der Waals surface area contributed by atoms with Crippen molar-refractivity contribution in [1.29, 1.82) is 0 Å². The van der Waals surface area contributed by atoms with Crippen molar-refractivity contribution < 1.29 is 14.3 Å². The lowest BCUT2D eigenvalue weighted by atomic mass is 9.87. The van der Waals surface area contributed by atoms with Crippen LogP contribution in [-0.4, -0.2) is 16.9 Å². The molecule has 1 heterocycles. The third kappa shape index (κ3) is 3.14. The molecule has 1 aliphatic rings. The second kappa shape index (κ2) is 6.93. The van der Waals surface area contributed by atoms with E-state index in [0.29, 0.717) is 33.3 Å². The van der Waals surface area contributed by atoms with E-state index in [1.807, 2.05) is 30.3 Å². The molecule has 6 nitrogen and oxygen atoms in total. The van der Waals surface area contributed by atoms with Crippen LogP contribution >= 0.6 is 0 Å². The first-order valence-electron chi connectivity index (χ1n) is 8.45. The monoisotopic (exact) mass is 359 g/mol. The smallest absolute Gasteiger partial charge is 0.343 e. The minimum absolute atomic E-state index is 0.536. The maximum absolute atomic E-state index is 13.1. The average Bonchev–Trinajstić information content (AvgIpc) is 2.71. The summed E-state index contributed by atoms with van der Waals surface area (Å²) >= 11 is 0. The number of imide groups is 1. The highest BCUT2D eigenvalue weighted by molar-refractivity contribution is 6.04. The van der Waals surface area contributed by atoms with Gasteiger partial charge in [0.2, 0.25) is 0 Å². The highest BCUT2D eigenvalue weighted by atomic mass is 16.5. The Bertz CT molecular complexity index is 959. The summed E-state index contributed by atoms with van der Waals surface area (Å²) in [6.07, 6.45) is 0. The molecular formula is C21H17N3O3. The minimum Gasteiger partial charge on any atom is -0.457 e. The molecule has 134 valence electrons. The minimum atomic E-state index is -0.724. The van der Waals surface area contributed by atoms with Gasteiger partial charge in [0.25, 0.3) is 5.91 Å². The largest absolute Gasteiger partial charge is 0.457 e. The number of hydrogen-bond donors (Lipinski definition) is 2. The van der Waals surface area contributed by atoms with Gasteiger partial charge < -0.3 is 10.1 Å². The van der Waals surface area contributed by atoms with E-state index < -0.39 is 17.9 Å². The molecule has 0 bridgehead atoms. The van der Waals surface area contributed by atoms with Gasteiger partial charge in [-0.15, -0.1) is 0 Å². The number of urea groups is 1. The van der Waals surface area contributed by atoms with Crippen LogP contribution in [0.1, 0.15) is 17.0 Å². The van der Waals surface area contributed by atoms with Gasteiger partial charge in [-0.25, -0.2) is 10.6 Å². The van der Waals surface area contributed by atoms with E-state index in [9.17, 15) is 9.59 Å². The molecule has 0 radical (unpaired) electrons. The van der Waals surface area contributed by atoms with E-state index in [4.69, 9.17) is 10.6 Å². The molecule has 1 aliphatic heterocycles. The van der Waals surface area contributed by atoms with Crippen molar-refractivity contribution in [2.45, 2.75) is 5.92 Å². The molecule has 6 heteroatoms. The zero-order chi connectivity index (χ0) is 18.8. The molecule has 4 rings (SSSR count). The van der Waals surface area contributed by atoms with E-state index >= 15 is 0 Å². The summed E-state index contributed by atoms with van der Waals surface area (Å²) in [5.74, 6) is 5.78. The van der Waals surface area contributed by atoms with Gasteiger partial charge in [0.05, 0.1) is 5.92 Å². The predicted octanol–water partition coefficient (Wildman–Crippen LogP) is 3.86. The molecule has 0 saturated carbocycles. The lowest BCUT2D eigenvalue weighted by Crippen LogP contribution is -2.47. The number of rotatable bonds is 2. The first-order valence-corrected chi connectivity index (χ1v) is 8.45. The Labute approximate surface area is 156 Å². The second-order valence-electron chi connectivity index (χ2n) is 6.12. The molecule has 0 atom stereocenters. The van der Waals surface area contributed by atoms with Gasteiger partial charge in [-0.2, -0.15) is 5.01 Å². The molecule has 3 N–H and O–H groups in total. The SMILES string of the molecule is NN(C(=O)Nc1ccccc1)C(=O)C1c2ccccc2Oc2ccccc21. The second-order valence-corrected chi connectivity index (χ2v) is 6.12. The number of hydrogen-bond acceptors (Lipinski definition) is 4. The lowest BCUT2D eigenvalue weighted by Gasteiger charge is -2.29. The fraction of sp³-hybridized carbons (Fsp3) is 0.0476. The Morgan fingerprint density at radius 2 is 1.33 bits per heavy atom. The van der Waals surface area contributed by atoms with Crippen molar-refractivity contribution in [1.82, 2.24) is 5.01 Å². The molecule has 0 unspecified atom stereocenters. The van der Waals surface area contributed by atoms with Gasteiger partial charge in [0.15, 0.2) is 0 Å². The van der Waals surface area contributed by atoms with Gasteiger partial charge >= 0.3 is 6.03 Å². The summed E-state index contributed by atoms with van der Waals surface area (Å²) in [5.41, 5.74) is 1.90. The van der Waals surface area contributed by atoms with Crippen LogP contribution in [0.25, 0.3) is 0 Å². The van der Waals surface area contributed by atoms with Crippen molar-refractivity contribution in [3.05, 3.63) is 90.0 Å². The van der Waals surface area contributed by atoms with Gasteiger partial charge in [-0.1, -0.05) is 54.6 Å². The highest BCUT2D eigenvalue weighted by Gasteiger charge is 2.36. The van der Waals surface area contributed by atoms with Gasteiger partial charge in [0, 0.05) is 16.8 Å². The summed E-state index contributed by atoms with van der Waals surface area (Å²) in [4.78, 5) is 25.6. The number of fused-ring (bicyclic) bond motifs is 2. The molecule has 0 fully saturated rings. The summed E-state index contributed by atoms with van der Waals surface area (Å²) in [5, 5.41) is 3.24. The number of benzene rings is 3. The van der Waals surface area contributed by atoms with E-state index in [0.717, 1.165) is 0 Å². The first kappa shape index (κ1) is 16.8. The number of nitrogens with two attached hydrogens (primary N) is 1. The number of nitrogens with one attached hydrogen (secondary N) is 1. The quantitative estimate of drug-likeness (QED) is 0.413. The maximum atomic E-state index is 13.1. The van der Waals surface area contributed by atoms with Crippen LogP contribution < -0.4 is 15.9 Å². The molecule has 0 saturated heterocycles. The Balaban J connectivity index is 1.66. The standard InChI is InChI=1S/C21H17N3O3/c22-24(21(26)23-14-8-2-1-3-9-14)20(25)19-15-10-4-6-12-17(15)27-18-13-7-5-11-16(18)19/h1-13,19H,22H2,(H,23,26).